The topological polar surface area (TPSA) is 76.3 Å². The van der Waals surface area contributed by atoms with E-state index in [4.69, 9.17) is 5.73 Å². The van der Waals surface area contributed by atoms with E-state index >= 15 is 0 Å². The highest BCUT2D eigenvalue weighted by atomic mass is 32.2. The molecule has 0 amide bonds. The summed E-state index contributed by atoms with van der Waals surface area (Å²) in [6, 6.07) is 8.25. The second-order valence-corrected chi connectivity index (χ2v) is 8.01. The normalized spacial score (nSPS) is 15.0. The van der Waals surface area contributed by atoms with Crippen molar-refractivity contribution in [2.75, 3.05) is 22.9 Å². The second-order valence-electron chi connectivity index (χ2n) is 5.05. The van der Waals surface area contributed by atoms with Gasteiger partial charge in [-0.15, -0.1) is 0 Å². The summed E-state index contributed by atoms with van der Waals surface area (Å²) in [6.07, 6.45) is 0.902. The fraction of sp³-hybridized carbons (Fsp3) is 0.357. The lowest BCUT2D eigenvalue weighted by molar-refractivity contribution is 0.597. The van der Waals surface area contributed by atoms with Gasteiger partial charge in [-0.1, -0.05) is 31.2 Å². The van der Waals surface area contributed by atoms with Crippen LogP contribution in [0.3, 0.4) is 0 Å². The van der Waals surface area contributed by atoms with Gasteiger partial charge in [0, 0.05) is 13.1 Å². The summed E-state index contributed by atoms with van der Waals surface area (Å²) in [5.41, 5.74) is 8.35. The monoisotopic (exact) mass is 323 g/mol. The molecule has 7 heteroatoms. The summed E-state index contributed by atoms with van der Waals surface area (Å²) in [7, 11) is -3.36. The SMILES string of the molecule is CCS(=O)(=O)c1c(N)nsc1N1CCc2ccccc2C1. The van der Waals surface area contributed by atoms with Crippen LogP contribution in [-0.2, 0) is 22.8 Å². The molecule has 0 saturated carbocycles. The Balaban J connectivity index is 2.01. The van der Waals surface area contributed by atoms with Crippen molar-refractivity contribution in [3.05, 3.63) is 35.4 Å². The van der Waals surface area contributed by atoms with Gasteiger partial charge < -0.3 is 10.6 Å². The maximum absolute atomic E-state index is 12.3. The molecule has 2 N–H and O–H groups in total. The Morgan fingerprint density at radius 3 is 2.76 bits per heavy atom. The van der Waals surface area contributed by atoms with Crippen molar-refractivity contribution < 1.29 is 8.42 Å². The first-order chi connectivity index (χ1) is 10.0. The molecule has 1 aromatic carbocycles. The Morgan fingerprint density at radius 2 is 2.05 bits per heavy atom. The van der Waals surface area contributed by atoms with E-state index in [1.807, 2.05) is 12.1 Å². The largest absolute Gasteiger partial charge is 0.382 e. The molecule has 1 aliphatic heterocycles. The third-order valence-corrected chi connectivity index (χ3v) is 6.60. The van der Waals surface area contributed by atoms with E-state index in [1.165, 1.54) is 22.7 Å². The molecule has 3 rings (SSSR count). The standard InChI is InChI=1S/C14H17N3O2S2/c1-2-21(18,19)12-13(15)16-20-14(12)17-8-7-10-5-3-4-6-11(10)9-17/h3-6H,2,7-9H2,1H3,(H2,15,16). The van der Waals surface area contributed by atoms with Gasteiger partial charge in [0.25, 0.3) is 0 Å². The number of nitrogens with zero attached hydrogens (tertiary/aromatic N) is 2. The molecular weight excluding hydrogens is 306 g/mol. The zero-order chi connectivity index (χ0) is 15.0. The number of hydrogen-bond acceptors (Lipinski definition) is 6. The first kappa shape index (κ1) is 14.3. The van der Waals surface area contributed by atoms with Gasteiger partial charge in [-0.2, -0.15) is 4.37 Å². The highest BCUT2D eigenvalue weighted by molar-refractivity contribution is 7.91. The third kappa shape index (κ3) is 2.51. The van der Waals surface area contributed by atoms with Gasteiger partial charge in [0.15, 0.2) is 15.7 Å². The van der Waals surface area contributed by atoms with Crippen molar-refractivity contribution in [1.29, 1.82) is 0 Å². The molecule has 2 heterocycles. The number of nitrogen functional groups attached to an aromatic ring is 1. The lowest BCUT2D eigenvalue weighted by Gasteiger charge is -2.29. The molecular formula is C14H17N3O2S2. The molecule has 0 atom stereocenters. The summed E-state index contributed by atoms with van der Waals surface area (Å²) < 4.78 is 28.6. The van der Waals surface area contributed by atoms with Gasteiger partial charge in [-0.3, -0.25) is 0 Å². The Bertz CT molecular complexity index is 768. The number of aromatic nitrogens is 1. The summed E-state index contributed by atoms with van der Waals surface area (Å²) >= 11 is 1.17. The van der Waals surface area contributed by atoms with E-state index in [0.717, 1.165) is 13.0 Å². The highest BCUT2D eigenvalue weighted by Crippen LogP contribution is 2.37. The van der Waals surface area contributed by atoms with E-state index in [1.54, 1.807) is 6.92 Å². The number of fused-ring (bicyclic) bond motifs is 1. The van der Waals surface area contributed by atoms with Crippen LogP contribution in [0.4, 0.5) is 10.8 Å². The molecule has 0 saturated heterocycles. The van der Waals surface area contributed by atoms with Crippen molar-refractivity contribution in [2.24, 2.45) is 0 Å². The Hall–Kier alpha value is -1.60. The second kappa shape index (κ2) is 5.31. The molecule has 112 valence electrons. The molecule has 2 aromatic rings. The van der Waals surface area contributed by atoms with Gasteiger partial charge in [0.1, 0.15) is 9.90 Å². The minimum absolute atomic E-state index is 0.0348. The Kier molecular flexibility index (Phi) is 3.62. The molecule has 1 aliphatic rings. The van der Waals surface area contributed by atoms with Crippen molar-refractivity contribution >= 4 is 32.2 Å². The Labute approximate surface area is 128 Å². The molecule has 1 aromatic heterocycles. The summed E-state index contributed by atoms with van der Waals surface area (Å²) in [5.74, 6) is 0.156. The van der Waals surface area contributed by atoms with Crippen molar-refractivity contribution in [2.45, 2.75) is 24.8 Å². The van der Waals surface area contributed by atoms with E-state index < -0.39 is 9.84 Å². The average molecular weight is 323 g/mol. The molecule has 0 spiro atoms. The van der Waals surface area contributed by atoms with Crippen LogP contribution in [0.1, 0.15) is 18.1 Å². The smallest absolute Gasteiger partial charge is 0.184 e. The minimum atomic E-state index is -3.36. The summed E-state index contributed by atoms with van der Waals surface area (Å²) in [4.78, 5) is 2.27. The van der Waals surface area contributed by atoms with Gasteiger partial charge in [-0.25, -0.2) is 8.42 Å². The van der Waals surface area contributed by atoms with Crippen molar-refractivity contribution in [3.8, 4) is 0 Å². The van der Waals surface area contributed by atoms with Crippen LogP contribution in [0.2, 0.25) is 0 Å². The molecule has 21 heavy (non-hydrogen) atoms. The summed E-state index contributed by atoms with van der Waals surface area (Å²) in [6.45, 7) is 3.11. The number of sulfone groups is 1. The van der Waals surface area contributed by atoms with E-state index in [2.05, 4.69) is 21.4 Å². The van der Waals surface area contributed by atoms with Gasteiger partial charge in [0.2, 0.25) is 0 Å². The van der Waals surface area contributed by atoms with E-state index in [9.17, 15) is 8.42 Å². The number of nitrogens with two attached hydrogens (primary N) is 1. The lowest BCUT2D eigenvalue weighted by atomic mass is 10.0. The average Bonchev–Trinajstić information content (AvgIpc) is 2.89. The molecule has 0 radical (unpaired) electrons. The van der Waals surface area contributed by atoms with Gasteiger partial charge in [0.05, 0.1) is 5.75 Å². The molecule has 0 fully saturated rings. The predicted molar refractivity (Wildman–Crippen MR) is 85.4 cm³/mol. The fourth-order valence-corrected chi connectivity index (χ4v) is 4.93. The number of anilines is 2. The third-order valence-electron chi connectivity index (χ3n) is 3.77. The van der Waals surface area contributed by atoms with Crippen molar-refractivity contribution in [3.63, 3.8) is 0 Å². The minimum Gasteiger partial charge on any atom is -0.382 e. The van der Waals surface area contributed by atoms with Crippen LogP contribution < -0.4 is 10.6 Å². The number of rotatable bonds is 3. The number of benzene rings is 1. The van der Waals surface area contributed by atoms with Crippen LogP contribution in [0.5, 0.6) is 0 Å². The molecule has 0 aliphatic carbocycles. The van der Waals surface area contributed by atoms with Crippen molar-refractivity contribution in [1.82, 2.24) is 4.37 Å². The van der Waals surface area contributed by atoms with Crippen LogP contribution in [0, 0.1) is 0 Å². The van der Waals surface area contributed by atoms with Crippen LogP contribution >= 0.6 is 11.5 Å². The molecule has 0 unspecified atom stereocenters. The van der Waals surface area contributed by atoms with Crippen LogP contribution in [0.15, 0.2) is 29.2 Å². The maximum atomic E-state index is 12.3. The maximum Gasteiger partial charge on any atom is 0.184 e. The highest BCUT2D eigenvalue weighted by Gasteiger charge is 2.28. The summed E-state index contributed by atoms with van der Waals surface area (Å²) in [5, 5.41) is 0.670. The quantitative estimate of drug-likeness (QED) is 0.936. The van der Waals surface area contributed by atoms with E-state index in [-0.39, 0.29) is 16.5 Å². The van der Waals surface area contributed by atoms with Gasteiger partial charge in [-0.05, 0) is 29.1 Å². The zero-order valence-electron chi connectivity index (χ0n) is 11.7. The first-order valence-electron chi connectivity index (χ1n) is 6.82. The lowest BCUT2D eigenvalue weighted by Crippen LogP contribution is -2.30. The zero-order valence-corrected chi connectivity index (χ0v) is 13.4. The Morgan fingerprint density at radius 1 is 1.33 bits per heavy atom. The molecule has 5 nitrogen and oxygen atoms in total. The fourth-order valence-electron chi connectivity index (χ4n) is 2.59. The van der Waals surface area contributed by atoms with E-state index in [0.29, 0.717) is 11.5 Å². The van der Waals surface area contributed by atoms with Crippen LogP contribution in [0.25, 0.3) is 0 Å². The molecule has 0 bridgehead atoms. The first-order valence-corrected chi connectivity index (χ1v) is 9.25. The van der Waals surface area contributed by atoms with Crippen LogP contribution in [-0.4, -0.2) is 25.1 Å². The predicted octanol–water partition coefficient (Wildman–Crippen LogP) is 2.08. The number of hydrogen-bond donors (Lipinski definition) is 1. The van der Waals surface area contributed by atoms with Gasteiger partial charge >= 0.3 is 0 Å².